The maximum atomic E-state index is 11.1. The minimum Gasteiger partial charge on any atom is -0.447 e. The van der Waals surface area contributed by atoms with Crippen LogP contribution in [0.4, 0.5) is 10.5 Å². The zero-order chi connectivity index (χ0) is 11.3. The van der Waals surface area contributed by atoms with Crippen LogP contribution in [0.15, 0.2) is 22.7 Å². The molecule has 0 saturated carbocycles. The number of nitrogens with one attached hydrogen (secondary N) is 1. The largest absolute Gasteiger partial charge is 0.447 e. The van der Waals surface area contributed by atoms with Gasteiger partial charge in [0.15, 0.2) is 0 Å². The van der Waals surface area contributed by atoms with E-state index in [1.54, 1.807) is 18.2 Å². The highest BCUT2D eigenvalue weighted by atomic mass is 79.9. The summed E-state index contributed by atoms with van der Waals surface area (Å²) in [5.41, 5.74) is 0.564. The normalized spacial score (nSPS) is 9.80. The number of amides is 1. The molecule has 1 amide bonds. The average molecular weight is 295 g/mol. The van der Waals surface area contributed by atoms with Gasteiger partial charge in [-0.05, 0) is 34.1 Å². The van der Waals surface area contributed by atoms with Crippen LogP contribution in [0.1, 0.15) is 0 Å². The summed E-state index contributed by atoms with van der Waals surface area (Å²) >= 11 is 9.00. The molecule has 1 aromatic carbocycles. The van der Waals surface area contributed by atoms with E-state index in [1.807, 2.05) is 0 Å². The lowest BCUT2D eigenvalue weighted by molar-refractivity contribution is 0.131. The number of ether oxygens (including phenoxy) is 1. The van der Waals surface area contributed by atoms with Gasteiger partial charge in [-0.3, -0.25) is 5.32 Å². The molecule has 1 aromatic rings. The van der Waals surface area contributed by atoms with Crippen LogP contribution < -0.4 is 5.32 Å². The number of carbonyl (C=O) groups excluding carboxylic acids is 1. The monoisotopic (exact) mass is 293 g/mol. The summed E-state index contributed by atoms with van der Waals surface area (Å²) in [7, 11) is 0. The Morgan fingerprint density at radius 2 is 2.33 bits per heavy atom. The molecule has 0 aliphatic heterocycles. The second-order valence-electron chi connectivity index (χ2n) is 2.61. The zero-order valence-corrected chi connectivity index (χ0v) is 10.0. The summed E-state index contributed by atoms with van der Waals surface area (Å²) in [5, 5.41) is 11.5. The number of carbonyl (C=O) groups is 1. The molecule has 0 bridgehead atoms. The molecule has 82 valence electrons. The van der Waals surface area contributed by atoms with E-state index >= 15 is 0 Å². The van der Waals surface area contributed by atoms with Crippen molar-refractivity contribution < 1.29 is 14.6 Å². The summed E-state index contributed by atoms with van der Waals surface area (Å²) < 4.78 is 5.30. The highest BCUT2D eigenvalue weighted by Gasteiger charge is 2.04. The molecule has 2 N–H and O–H groups in total. The number of aliphatic hydroxyl groups is 1. The molecular formula is C9H9BrClNO3. The van der Waals surface area contributed by atoms with Crippen LogP contribution in [-0.2, 0) is 4.74 Å². The third-order valence-corrected chi connectivity index (χ3v) is 2.70. The van der Waals surface area contributed by atoms with Gasteiger partial charge in [0.1, 0.15) is 6.61 Å². The minimum absolute atomic E-state index is 0.0272. The van der Waals surface area contributed by atoms with Gasteiger partial charge in [-0.1, -0.05) is 11.6 Å². The summed E-state index contributed by atoms with van der Waals surface area (Å²) in [6, 6.07) is 4.95. The fourth-order valence-electron chi connectivity index (χ4n) is 0.866. The molecule has 15 heavy (non-hydrogen) atoms. The topological polar surface area (TPSA) is 58.6 Å². The second-order valence-corrected chi connectivity index (χ2v) is 3.87. The van der Waals surface area contributed by atoms with Crippen LogP contribution >= 0.6 is 27.5 Å². The van der Waals surface area contributed by atoms with E-state index in [2.05, 4.69) is 26.0 Å². The van der Waals surface area contributed by atoms with Crippen molar-refractivity contribution in [1.29, 1.82) is 0 Å². The molecule has 0 saturated heterocycles. The van der Waals surface area contributed by atoms with Crippen molar-refractivity contribution in [1.82, 2.24) is 0 Å². The molecule has 0 heterocycles. The van der Waals surface area contributed by atoms with Gasteiger partial charge in [0.05, 0.1) is 11.6 Å². The van der Waals surface area contributed by atoms with Crippen LogP contribution in [0.2, 0.25) is 5.02 Å². The predicted molar refractivity (Wildman–Crippen MR) is 61.2 cm³/mol. The smallest absolute Gasteiger partial charge is 0.411 e. The Balaban J connectivity index is 2.57. The molecule has 0 aliphatic rings. The summed E-state index contributed by atoms with van der Waals surface area (Å²) in [6.45, 7) is -0.224. The Bertz CT molecular complexity index is 359. The molecule has 1 rings (SSSR count). The summed E-state index contributed by atoms with van der Waals surface area (Å²) in [4.78, 5) is 11.1. The van der Waals surface area contributed by atoms with Crippen molar-refractivity contribution in [3.63, 3.8) is 0 Å². The molecule has 0 aromatic heterocycles. The first kappa shape index (κ1) is 12.3. The van der Waals surface area contributed by atoms with E-state index in [4.69, 9.17) is 16.7 Å². The van der Waals surface area contributed by atoms with Crippen molar-refractivity contribution in [3.8, 4) is 0 Å². The highest BCUT2D eigenvalue weighted by molar-refractivity contribution is 9.10. The number of hydrogen-bond acceptors (Lipinski definition) is 3. The number of rotatable bonds is 3. The molecule has 0 unspecified atom stereocenters. The standard InChI is InChI=1S/C9H9BrClNO3/c10-7-5-6(1-2-8(7)11)12-9(14)15-4-3-13/h1-2,5,13H,3-4H2,(H,12,14). The first-order valence-electron chi connectivity index (χ1n) is 4.13. The quantitative estimate of drug-likeness (QED) is 0.901. The van der Waals surface area contributed by atoms with Gasteiger partial charge in [-0.25, -0.2) is 4.79 Å². The van der Waals surface area contributed by atoms with Crippen LogP contribution in [0.25, 0.3) is 0 Å². The van der Waals surface area contributed by atoms with E-state index in [0.29, 0.717) is 15.2 Å². The third-order valence-electron chi connectivity index (χ3n) is 1.49. The van der Waals surface area contributed by atoms with Gasteiger partial charge in [-0.2, -0.15) is 0 Å². The van der Waals surface area contributed by atoms with Crippen LogP contribution in [-0.4, -0.2) is 24.4 Å². The van der Waals surface area contributed by atoms with Gasteiger partial charge >= 0.3 is 6.09 Å². The number of benzene rings is 1. The van der Waals surface area contributed by atoms with Gasteiger partial charge in [-0.15, -0.1) is 0 Å². The van der Waals surface area contributed by atoms with Gasteiger partial charge < -0.3 is 9.84 Å². The molecule has 0 radical (unpaired) electrons. The molecule has 0 spiro atoms. The van der Waals surface area contributed by atoms with E-state index in [9.17, 15) is 4.79 Å². The van der Waals surface area contributed by atoms with Crippen LogP contribution in [0.5, 0.6) is 0 Å². The van der Waals surface area contributed by atoms with E-state index in [1.165, 1.54) is 0 Å². The molecule has 0 aliphatic carbocycles. The number of aliphatic hydroxyl groups excluding tert-OH is 1. The average Bonchev–Trinajstić information content (AvgIpc) is 2.20. The Morgan fingerprint density at radius 3 is 2.93 bits per heavy atom. The lowest BCUT2D eigenvalue weighted by atomic mass is 10.3. The van der Waals surface area contributed by atoms with Gasteiger partial charge in [0, 0.05) is 10.2 Å². The molecule has 0 fully saturated rings. The Morgan fingerprint density at radius 1 is 1.60 bits per heavy atom. The fraction of sp³-hybridized carbons (Fsp3) is 0.222. The molecular weight excluding hydrogens is 285 g/mol. The van der Waals surface area contributed by atoms with E-state index in [0.717, 1.165) is 0 Å². The second kappa shape index (κ2) is 5.95. The van der Waals surface area contributed by atoms with Gasteiger partial charge in [0.2, 0.25) is 0 Å². The van der Waals surface area contributed by atoms with Crippen LogP contribution in [0.3, 0.4) is 0 Å². The Labute approximate surface area is 100 Å². The zero-order valence-electron chi connectivity index (χ0n) is 7.67. The maximum absolute atomic E-state index is 11.1. The first-order valence-corrected chi connectivity index (χ1v) is 5.30. The van der Waals surface area contributed by atoms with E-state index in [-0.39, 0.29) is 13.2 Å². The summed E-state index contributed by atoms with van der Waals surface area (Å²) in [6.07, 6.45) is -0.613. The minimum atomic E-state index is -0.613. The lowest BCUT2D eigenvalue weighted by Gasteiger charge is -2.06. The number of halogens is 2. The number of hydrogen-bond donors (Lipinski definition) is 2. The molecule has 4 nitrogen and oxygen atoms in total. The van der Waals surface area contributed by atoms with Gasteiger partial charge in [0.25, 0.3) is 0 Å². The Kier molecular flexibility index (Phi) is 4.87. The van der Waals surface area contributed by atoms with Crippen molar-refractivity contribution in [2.24, 2.45) is 0 Å². The Hall–Kier alpha value is -0.780. The SMILES string of the molecule is O=C(Nc1ccc(Cl)c(Br)c1)OCCO. The van der Waals surface area contributed by atoms with Crippen molar-refractivity contribution >= 4 is 39.3 Å². The fourth-order valence-corrected chi connectivity index (χ4v) is 1.36. The summed E-state index contributed by atoms with van der Waals surface area (Å²) in [5.74, 6) is 0. The lowest BCUT2D eigenvalue weighted by Crippen LogP contribution is -2.15. The molecule has 0 atom stereocenters. The third kappa shape index (κ3) is 4.07. The van der Waals surface area contributed by atoms with Crippen molar-refractivity contribution in [3.05, 3.63) is 27.7 Å². The highest BCUT2D eigenvalue weighted by Crippen LogP contribution is 2.25. The number of anilines is 1. The van der Waals surface area contributed by atoms with Crippen molar-refractivity contribution in [2.45, 2.75) is 0 Å². The van der Waals surface area contributed by atoms with Crippen LogP contribution in [0, 0.1) is 0 Å². The van der Waals surface area contributed by atoms with Crippen molar-refractivity contribution in [2.75, 3.05) is 18.5 Å². The molecule has 6 heteroatoms. The van der Waals surface area contributed by atoms with E-state index < -0.39 is 6.09 Å². The maximum Gasteiger partial charge on any atom is 0.411 e. The first-order chi connectivity index (χ1) is 7.13. The predicted octanol–water partition coefficient (Wildman–Crippen LogP) is 2.64.